The highest BCUT2D eigenvalue weighted by Crippen LogP contribution is 2.40. The molecule has 2 atom stereocenters. The molecule has 1 aliphatic carbocycles. The van der Waals surface area contributed by atoms with Crippen LogP contribution in [0.15, 0.2) is 24.3 Å². The van der Waals surface area contributed by atoms with Crippen LogP contribution in [0.1, 0.15) is 31.2 Å². The molecule has 1 heterocycles. The van der Waals surface area contributed by atoms with E-state index in [1.165, 1.54) is 6.42 Å². The third kappa shape index (κ3) is 4.25. The monoisotopic (exact) mass is 334 g/mol. The number of amides is 2. The molecule has 2 unspecified atom stereocenters. The van der Waals surface area contributed by atoms with E-state index in [2.05, 4.69) is 5.32 Å². The molecule has 1 saturated heterocycles. The molecule has 23 heavy (non-hydrogen) atoms. The summed E-state index contributed by atoms with van der Waals surface area (Å²) >= 11 is 5.85. The standard InChI is InChI=1S/C18H23ClN2O2/c19-14-6-4-13(5-7-14)8-9-20-17(22)15-12-16(15)18(23)21-10-2-1-3-11-21/h4-7,15-16H,1-3,8-12H2,(H,20,22). The highest BCUT2D eigenvalue weighted by Gasteiger charge is 2.49. The van der Waals surface area contributed by atoms with E-state index in [0.717, 1.165) is 42.9 Å². The van der Waals surface area contributed by atoms with Crippen molar-refractivity contribution in [2.45, 2.75) is 32.1 Å². The topological polar surface area (TPSA) is 49.4 Å². The molecule has 2 fully saturated rings. The second-order valence-electron chi connectivity index (χ2n) is 6.50. The SMILES string of the molecule is O=C(NCCc1ccc(Cl)cc1)C1CC1C(=O)N1CCCCC1. The number of carbonyl (C=O) groups is 2. The van der Waals surface area contributed by atoms with Crippen LogP contribution in [0, 0.1) is 11.8 Å². The van der Waals surface area contributed by atoms with Crippen LogP contribution in [-0.2, 0) is 16.0 Å². The van der Waals surface area contributed by atoms with E-state index in [1.54, 1.807) is 0 Å². The summed E-state index contributed by atoms with van der Waals surface area (Å²) in [5.74, 6) is 0.00940. The zero-order valence-electron chi connectivity index (χ0n) is 13.3. The van der Waals surface area contributed by atoms with Gasteiger partial charge in [0.1, 0.15) is 0 Å². The Kier molecular flexibility index (Phi) is 5.21. The Hall–Kier alpha value is -1.55. The molecular formula is C18H23ClN2O2. The van der Waals surface area contributed by atoms with Crippen LogP contribution < -0.4 is 5.32 Å². The van der Waals surface area contributed by atoms with Crippen LogP contribution in [0.4, 0.5) is 0 Å². The quantitative estimate of drug-likeness (QED) is 0.900. The van der Waals surface area contributed by atoms with Gasteiger partial charge in [-0.15, -0.1) is 0 Å². The third-order valence-corrected chi connectivity index (χ3v) is 4.99. The predicted molar refractivity (Wildman–Crippen MR) is 90.2 cm³/mol. The van der Waals surface area contributed by atoms with Crippen LogP contribution in [0.2, 0.25) is 5.02 Å². The fraction of sp³-hybridized carbons (Fsp3) is 0.556. The van der Waals surface area contributed by atoms with Gasteiger partial charge < -0.3 is 10.2 Å². The van der Waals surface area contributed by atoms with Crippen molar-refractivity contribution in [1.29, 1.82) is 0 Å². The number of carbonyl (C=O) groups excluding carboxylic acids is 2. The number of nitrogens with one attached hydrogen (secondary N) is 1. The van der Waals surface area contributed by atoms with Crippen LogP contribution in [0.3, 0.4) is 0 Å². The first kappa shape index (κ1) is 16.3. The van der Waals surface area contributed by atoms with Crippen molar-refractivity contribution in [3.63, 3.8) is 0 Å². The molecule has 1 N–H and O–H groups in total. The fourth-order valence-electron chi connectivity index (χ4n) is 3.22. The Morgan fingerprint density at radius 1 is 1.09 bits per heavy atom. The summed E-state index contributed by atoms with van der Waals surface area (Å²) in [7, 11) is 0. The summed E-state index contributed by atoms with van der Waals surface area (Å²) in [6.45, 7) is 2.32. The number of rotatable bonds is 5. The minimum absolute atomic E-state index is 0.0225. The van der Waals surface area contributed by atoms with E-state index in [1.807, 2.05) is 29.2 Å². The molecule has 5 heteroatoms. The smallest absolute Gasteiger partial charge is 0.226 e. The number of likely N-dealkylation sites (tertiary alicyclic amines) is 1. The Morgan fingerprint density at radius 3 is 2.48 bits per heavy atom. The highest BCUT2D eigenvalue weighted by atomic mass is 35.5. The van der Waals surface area contributed by atoms with E-state index in [9.17, 15) is 9.59 Å². The second-order valence-corrected chi connectivity index (χ2v) is 6.94. The summed E-state index contributed by atoms with van der Waals surface area (Å²) in [6, 6.07) is 7.64. The van der Waals surface area contributed by atoms with E-state index in [4.69, 9.17) is 11.6 Å². The zero-order chi connectivity index (χ0) is 16.2. The van der Waals surface area contributed by atoms with Gasteiger partial charge in [-0.2, -0.15) is 0 Å². The van der Waals surface area contributed by atoms with E-state index >= 15 is 0 Å². The largest absolute Gasteiger partial charge is 0.356 e. The highest BCUT2D eigenvalue weighted by molar-refractivity contribution is 6.30. The molecule has 1 aliphatic heterocycles. The fourth-order valence-corrected chi connectivity index (χ4v) is 3.34. The molecule has 4 nitrogen and oxygen atoms in total. The van der Waals surface area contributed by atoms with E-state index in [0.29, 0.717) is 13.0 Å². The second kappa shape index (κ2) is 7.35. The van der Waals surface area contributed by atoms with Crippen molar-refractivity contribution in [3.05, 3.63) is 34.9 Å². The van der Waals surface area contributed by atoms with Crippen molar-refractivity contribution in [2.75, 3.05) is 19.6 Å². The van der Waals surface area contributed by atoms with Gasteiger partial charge >= 0.3 is 0 Å². The normalized spacial score (nSPS) is 23.4. The lowest BCUT2D eigenvalue weighted by Crippen LogP contribution is -2.38. The van der Waals surface area contributed by atoms with Crippen molar-refractivity contribution >= 4 is 23.4 Å². The van der Waals surface area contributed by atoms with Gasteiger partial charge in [-0.25, -0.2) is 0 Å². The maximum atomic E-state index is 12.3. The molecule has 1 aromatic carbocycles. The Bertz CT molecular complexity index is 567. The molecule has 3 rings (SSSR count). The Morgan fingerprint density at radius 2 is 1.78 bits per heavy atom. The Balaban J connectivity index is 1.39. The van der Waals surface area contributed by atoms with E-state index in [-0.39, 0.29) is 23.7 Å². The zero-order valence-corrected chi connectivity index (χ0v) is 14.0. The van der Waals surface area contributed by atoms with Gasteiger partial charge in [-0.3, -0.25) is 9.59 Å². The summed E-state index contributed by atoms with van der Waals surface area (Å²) in [6.07, 6.45) is 4.89. The van der Waals surface area contributed by atoms with Gasteiger partial charge in [0.05, 0.1) is 11.8 Å². The molecule has 1 saturated carbocycles. The molecule has 0 bridgehead atoms. The Labute approximate surface area is 142 Å². The van der Waals surface area contributed by atoms with Crippen LogP contribution in [0.5, 0.6) is 0 Å². The molecule has 1 aromatic rings. The summed E-state index contributed by atoms with van der Waals surface area (Å²) < 4.78 is 0. The first-order chi connectivity index (χ1) is 11.1. The van der Waals surface area contributed by atoms with Gasteiger partial charge in [-0.05, 0) is 49.8 Å². The number of hydrogen-bond donors (Lipinski definition) is 1. The molecule has 124 valence electrons. The summed E-state index contributed by atoms with van der Waals surface area (Å²) in [4.78, 5) is 26.4. The lowest BCUT2D eigenvalue weighted by Gasteiger charge is -2.26. The minimum atomic E-state index is -0.116. The van der Waals surface area contributed by atoms with Crippen molar-refractivity contribution in [1.82, 2.24) is 10.2 Å². The van der Waals surface area contributed by atoms with Crippen molar-refractivity contribution in [2.24, 2.45) is 11.8 Å². The van der Waals surface area contributed by atoms with Gasteiger partial charge in [0.25, 0.3) is 0 Å². The number of nitrogens with zero attached hydrogens (tertiary/aromatic N) is 1. The number of benzene rings is 1. The van der Waals surface area contributed by atoms with Gasteiger partial charge in [0.2, 0.25) is 11.8 Å². The number of halogens is 1. The lowest BCUT2D eigenvalue weighted by atomic mass is 10.1. The van der Waals surface area contributed by atoms with Crippen LogP contribution >= 0.6 is 11.6 Å². The first-order valence-electron chi connectivity index (χ1n) is 8.46. The third-order valence-electron chi connectivity index (χ3n) is 4.74. The maximum absolute atomic E-state index is 12.3. The predicted octanol–water partition coefficient (Wildman–Crippen LogP) is 2.65. The molecule has 2 amide bonds. The van der Waals surface area contributed by atoms with Crippen LogP contribution in [0.25, 0.3) is 0 Å². The maximum Gasteiger partial charge on any atom is 0.226 e. The average Bonchev–Trinajstić information content (AvgIpc) is 3.37. The molecular weight excluding hydrogens is 312 g/mol. The number of hydrogen-bond acceptors (Lipinski definition) is 2. The van der Waals surface area contributed by atoms with Gasteiger partial charge in [0, 0.05) is 24.7 Å². The molecule has 0 aromatic heterocycles. The van der Waals surface area contributed by atoms with Crippen LogP contribution in [-0.4, -0.2) is 36.3 Å². The summed E-state index contributed by atoms with van der Waals surface area (Å²) in [5.41, 5.74) is 1.14. The van der Waals surface area contributed by atoms with Gasteiger partial charge in [-0.1, -0.05) is 23.7 Å². The molecule has 2 aliphatic rings. The number of piperidine rings is 1. The van der Waals surface area contributed by atoms with Crippen molar-refractivity contribution in [3.8, 4) is 0 Å². The summed E-state index contributed by atoms with van der Waals surface area (Å²) in [5, 5.41) is 3.67. The first-order valence-corrected chi connectivity index (χ1v) is 8.84. The van der Waals surface area contributed by atoms with E-state index < -0.39 is 0 Å². The average molecular weight is 335 g/mol. The van der Waals surface area contributed by atoms with Gasteiger partial charge in [0.15, 0.2) is 0 Å². The molecule has 0 spiro atoms. The lowest BCUT2D eigenvalue weighted by molar-refractivity contribution is -0.135. The van der Waals surface area contributed by atoms with Crippen molar-refractivity contribution < 1.29 is 9.59 Å². The minimum Gasteiger partial charge on any atom is -0.356 e. The molecule has 0 radical (unpaired) electrons.